The third-order valence-corrected chi connectivity index (χ3v) is 5.92. The number of carbonyl (C=O) groups excluding carboxylic acids is 2. The molecule has 5 rings (SSSR count). The van der Waals surface area contributed by atoms with Gasteiger partial charge in [0.2, 0.25) is 0 Å². The normalized spacial score (nSPS) is 18.5. The monoisotopic (exact) mass is 472 g/mol. The number of aliphatic hydroxyl groups is 1. The summed E-state index contributed by atoms with van der Waals surface area (Å²) in [6, 6.07) is 14.9. The topological polar surface area (TPSA) is 98.2 Å². The van der Waals surface area contributed by atoms with E-state index in [1.165, 1.54) is 4.90 Å². The van der Waals surface area contributed by atoms with Gasteiger partial charge in [0, 0.05) is 24.5 Å². The average Bonchev–Trinajstić information content (AvgIpc) is 3.14. The van der Waals surface area contributed by atoms with Crippen LogP contribution < -0.4 is 14.2 Å². The quantitative estimate of drug-likeness (QED) is 0.330. The molecule has 2 aliphatic rings. The number of aromatic nitrogens is 1. The molecule has 3 aromatic rings. The van der Waals surface area contributed by atoms with Crippen LogP contribution in [0.3, 0.4) is 0 Å². The summed E-state index contributed by atoms with van der Waals surface area (Å²) in [5, 5.41) is 11.3. The van der Waals surface area contributed by atoms with Gasteiger partial charge in [-0.15, -0.1) is 0 Å². The molecule has 1 N–H and O–H groups in total. The average molecular weight is 472 g/mol. The molecule has 1 fully saturated rings. The molecule has 35 heavy (non-hydrogen) atoms. The van der Waals surface area contributed by atoms with Gasteiger partial charge in [-0.25, -0.2) is 0 Å². The van der Waals surface area contributed by atoms with Gasteiger partial charge in [-0.3, -0.25) is 14.6 Å². The van der Waals surface area contributed by atoms with Crippen LogP contribution in [0.2, 0.25) is 0 Å². The Bertz CT molecular complexity index is 1300. The minimum atomic E-state index is -0.816. The lowest BCUT2D eigenvalue weighted by atomic mass is 9.95. The number of nitrogens with zero attached hydrogens (tertiary/aromatic N) is 2. The molecule has 178 valence electrons. The van der Waals surface area contributed by atoms with Crippen LogP contribution in [0.15, 0.2) is 72.6 Å². The molecule has 0 bridgehead atoms. The first-order chi connectivity index (χ1) is 17.1. The Balaban J connectivity index is 1.63. The Morgan fingerprint density at radius 3 is 2.69 bits per heavy atom. The van der Waals surface area contributed by atoms with Crippen LogP contribution in [0.4, 0.5) is 0 Å². The van der Waals surface area contributed by atoms with E-state index in [1.807, 2.05) is 19.1 Å². The molecule has 1 saturated heterocycles. The molecule has 0 aliphatic carbocycles. The first kappa shape index (κ1) is 22.5. The van der Waals surface area contributed by atoms with E-state index in [0.717, 1.165) is 5.56 Å². The molecular weight excluding hydrogens is 448 g/mol. The SMILES string of the molecule is CCOc1cccc(C2/C(=C(\O)c3ccc4c(c3)OCCO4)C(=O)C(=O)N2Cc2cccnc2)c1. The molecule has 1 amide bonds. The molecule has 1 atom stereocenters. The molecule has 0 radical (unpaired) electrons. The van der Waals surface area contributed by atoms with Gasteiger partial charge in [-0.1, -0.05) is 18.2 Å². The number of Topliss-reactive ketones (excluding diaryl/α,β-unsaturated/α-hetero) is 1. The third-order valence-electron chi connectivity index (χ3n) is 5.92. The van der Waals surface area contributed by atoms with Gasteiger partial charge < -0.3 is 24.2 Å². The lowest BCUT2D eigenvalue weighted by molar-refractivity contribution is -0.140. The highest BCUT2D eigenvalue weighted by molar-refractivity contribution is 6.46. The van der Waals surface area contributed by atoms with Gasteiger partial charge in [0.15, 0.2) is 11.5 Å². The van der Waals surface area contributed by atoms with Gasteiger partial charge in [-0.2, -0.15) is 0 Å². The van der Waals surface area contributed by atoms with Crippen molar-refractivity contribution in [1.29, 1.82) is 0 Å². The smallest absolute Gasteiger partial charge is 0.295 e. The van der Waals surface area contributed by atoms with Crippen molar-refractivity contribution in [3.05, 3.63) is 89.3 Å². The van der Waals surface area contributed by atoms with Crippen molar-refractivity contribution < 1.29 is 28.9 Å². The van der Waals surface area contributed by atoms with Crippen LogP contribution in [0, 0.1) is 0 Å². The van der Waals surface area contributed by atoms with Crippen molar-refractivity contribution in [2.45, 2.75) is 19.5 Å². The van der Waals surface area contributed by atoms with Crippen molar-refractivity contribution in [3.8, 4) is 17.2 Å². The van der Waals surface area contributed by atoms with E-state index in [1.54, 1.807) is 54.9 Å². The molecule has 0 spiro atoms. The van der Waals surface area contributed by atoms with E-state index in [9.17, 15) is 14.7 Å². The van der Waals surface area contributed by atoms with Crippen LogP contribution in [0.25, 0.3) is 5.76 Å². The molecule has 2 aliphatic heterocycles. The molecule has 8 nitrogen and oxygen atoms in total. The maximum absolute atomic E-state index is 13.3. The minimum absolute atomic E-state index is 0.00390. The predicted molar refractivity (Wildman–Crippen MR) is 127 cm³/mol. The Hall–Kier alpha value is -4.33. The van der Waals surface area contributed by atoms with E-state index >= 15 is 0 Å². The summed E-state index contributed by atoms with van der Waals surface area (Å²) >= 11 is 0. The van der Waals surface area contributed by atoms with Gasteiger partial charge in [-0.05, 0) is 54.4 Å². The zero-order chi connectivity index (χ0) is 24.4. The third kappa shape index (κ3) is 4.30. The number of likely N-dealkylation sites (tertiary alicyclic amines) is 1. The van der Waals surface area contributed by atoms with E-state index in [4.69, 9.17) is 14.2 Å². The van der Waals surface area contributed by atoms with Gasteiger partial charge in [0.25, 0.3) is 11.7 Å². The number of benzene rings is 2. The minimum Gasteiger partial charge on any atom is -0.507 e. The largest absolute Gasteiger partial charge is 0.507 e. The van der Waals surface area contributed by atoms with Gasteiger partial charge in [0.1, 0.15) is 24.7 Å². The van der Waals surface area contributed by atoms with Crippen molar-refractivity contribution in [2.75, 3.05) is 19.8 Å². The number of hydrogen-bond acceptors (Lipinski definition) is 7. The second-order valence-electron chi connectivity index (χ2n) is 8.15. The lowest BCUT2D eigenvalue weighted by Crippen LogP contribution is -2.29. The molecule has 8 heteroatoms. The van der Waals surface area contributed by atoms with Crippen LogP contribution in [0.5, 0.6) is 17.2 Å². The van der Waals surface area contributed by atoms with E-state index in [0.29, 0.717) is 48.2 Å². The zero-order valence-corrected chi connectivity index (χ0v) is 19.1. The molecule has 2 aromatic carbocycles. The Labute approximate surface area is 202 Å². The van der Waals surface area contributed by atoms with Gasteiger partial charge in [0.05, 0.1) is 18.2 Å². The highest BCUT2D eigenvalue weighted by atomic mass is 16.6. The number of carbonyl (C=O) groups is 2. The van der Waals surface area contributed by atoms with Crippen molar-refractivity contribution >= 4 is 17.4 Å². The summed E-state index contributed by atoms with van der Waals surface area (Å²) in [7, 11) is 0. The second-order valence-corrected chi connectivity index (χ2v) is 8.15. The molecule has 1 unspecified atom stereocenters. The van der Waals surface area contributed by atoms with Crippen LogP contribution >= 0.6 is 0 Å². The van der Waals surface area contributed by atoms with Gasteiger partial charge >= 0.3 is 0 Å². The summed E-state index contributed by atoms with van der Waals surface area (Å²) in [6.45, 7) is 3.32. The number of rotatable bonds is 6. The first-order valence-corrected chi connectivity index (χ1v) is 11.4. The summed E-state index contributed by atoms with van der Waals surface area (Å²) in [6.07, 6.45) is 3.29. The van der Waals surface area contributed by atoms with Crippen LogP contribution in [-0.4, -0.2) is 46.5 Å². The van der Waals surface area contributed by atoms with E-state index in [2.05, 4.69) is 4.98 Å². The first-order valence-electron chi connectivity index (χ1n) is 11.4. The van der Waals surface area contributed by atoms with Crippen LogP contribution in [0.1, 0.15) is 29.7 Å². The maximum Gasteiger partial charge on any atom is 0.295 e. The zero-order valence-electron chi connectivity index (χ0n) is 19.1. The number of ether oxygens (including phenoxy) is 3. The fourth-order valence-electron chi connectivity index (χ4n) is 4.37. The number of ketones is 1. The second kappa shape index (κ2) is 9.50. The Kier molecular flexibility index (Phi) is 6.10. The summed E-state index contributed by atoms with van der Waals surface area (Å²) < 4.78 is 16.8. The maximum atomic E-state index is 13.3. The number of fused-ring (bicyclic) bond motifs is 1. The van der Waals surface area contributed by atoms with E-state index in [-0.39, 0.29) is 17.9 Å². The highest BCUT2D eigenvalue weighted by Gasteiger charge is 2.46. The molecule has 0 saturated carbocycles. The Morgan fingerprint density at radius 2 is 1.91 bits per heavy atom. The van der Waals surface area contributed by atoms with Crippen molar-refractivity contribution in [1.82, 2.24) is 9.88 Å². The fraction of sp³-hybridized carbons (Fsp3) is 0.222. The number of aliphatic hydroxyl groups excluding tert-OH is 1. The summed E-state index contributed by atoms with van der Waals surface area (Å²) in [4.78, 5) is 32.1. The van der Waals surface area contributed by atoms with Crippen molar-refractivity contribution in [3.63, 3.8) is 0 Å². The predicted octanol–water partition coefficient (Wildman–Crippen LogP) is 3.87. The number of hydrogen-bond donors (Lipinski definition) is 1. The number of pyridine rings is 1. The number of amides is 1. The lowest BCUT2D eigenvalue weighted by Gasteiger charge is -2.26. The standard InChI is InChI=1S/C27H24N2O6/c1-2-33-20-7-3-6-18(13-20)24-23(25(30)19-8-9-21-22(14-19)35-12-11-34-21)26(31)27(32)29(24)16-17-5-4-10-28-15-17/h3-10,13-15,24,30H,2,11-12,16H2,1H3/b25-23+. The fourth-order valence-corrected chi connectivity index (χ4v) is 4.37. The Morgan fingerprint density at radius 1 is 1.09 bits per heavy atom. The summed E-state index contributed by atoms with van der Waals surface area (Å²) in [5.41, 5.74) is 1.78. The molecule has 1 aromatic heterocycles. The summed E-state index contributed by atoms with van der Waals surface area (Å²) in [5.74, 6) is -0.0875. The van der Waals surface area contributed by atoms with Crippen LogP contribution in [-0.2, 0) is 16.1 Å². The molecule has 3 heterocycles. The highest BCUT2D eigenvalue weighted by Crippen LogP contribution is 2.42. The van der Waals surface area contributed by atoms with E-state index < -0.39 is 17.7 Å². The molecular formula is C27H24N2O6. The van der Waals surface area contributed by atoms with Crippen molar-refractivity contribution in [2.24, 2.45) is 0 Å².